The minimum Gasteiger partial charge on any atom is -0.480 e. The van der Waals surface area contributed by atoms with Gasteiger partial charge in [0, 0.05) is 19.9 Å². The van der Waals surface area contributed by atoms with Gasteiger partial charge in [0.25, 0.3) is 5.91 Å². The Morgan fingerprint density at radius 3 is 2.57 bits per heavy atom. The predicted octanol–water partition coefficient (Wildman–Crippen LogP) is 1.10. The molecule has 1 unspecified atom stereocenters. The first-order chi connectivity index (χ1) is 10.9. The summed E-state index contributed by atoms with van der Waals surface area (Å²) in [4.78, 5) is 36.4. The van der Waals surface area contributed by atoms with Crippen LogP contribution >= 0.6 is 0 Å². The standard InChI is InChI=1S/C16H19N3O4/c1-11(16(22)23)18(2)15(21)13-8-9-14(20)19(17-13)10-12-6-4-3-5-7-12/h3-7,11H,8-10H2,1-2H3,(H,22,23). The first kappa shape index (κ1) is 16.7. The molecule has 1 N–H and O–H groups in total. The number of carbonyl (C=O) groups is 3. The maximum Gasteiger partial charge on any atom is 0.326 e. The molecule has 0 fully saturated rings. The van der Waals surface area contributed by atoms with Crippen molar-refractivity contribution in [1.82, 2.24) is 9.91 Å². The second kappa shape index (κ2) is 7.04. The van der Waals surface area contributed by atoms with Gasteiger partial charge in [-0.15, -0.1) is 0 Å². The number of carboxylic acids is 1. The summed E-state index contributed by atoms with van der Waals surface area (Å²) in [6.45, 7) is 1.71. The zero-order chi connectivity index (χ0) is 17.0. The lowest BCUT2D eigenvalue weighted by atomic mass is 10.1. The van der Waals surface area contributed by atoms with E-state index in [1.807, 2.05) is 30.3 Å². The summed E-state index contributed by atoms with van der Waals surface area (Å²) >= 11 is 0. The number of carbonyl (C=O) groups excluding carboxylic acids is 2. The normalized spacial score (nSPS) is 15.8. The van der Waals surface area contributed by atoms with Gasteiger partial charge >= 0.3 is 5.97 Å². The molecule has 7 nitrogen and oxygen atoms in total. The summed E-state index contributed by atoms with van der Waals surface area (Å²) in [7, 11) is 1.42. The molecule has 0 aliphatic carbocycles. The Balaban J connectivity index is 2.15. The fourth-order valence-corrected chi connectivity index (χ4v) is 2.18. The van der Waals surface area contributed by atoms with E-state index in [9.17, 15) is 14.4 Å². The van der Waals surface area contributed by atoms with E-state index in [1.165, 1.54) is 19.0 Å². The second-order valence-electron chi connectivity index (χ2n) is 5.41. The van der Waals surface area contributed by atoms with Gasteiger partial charge in [0.1, 0.15) is 11.8 Å². The van der Waals surface area contributed by atoms with Crippen LogP contribution in [0.3, 0.4) is 0 Å². The summed E-state index contributed by atoms with van der Waals surface area (Å²) in [6, 6.07) is 8.39. The monoisotopic (exact) mass is 317 g/mol. The molecule has 0 spiro atoms. The molecule has 7 heteroatoms. The number of aliphatic carboxylic acids is 1. The molecule has 0 aromatic heterocycles. The number of hydrogen-bond donors (Lipinski definition) is 1. The van der Waals surface area contributed by atoms with Crippen molar-refractivity contribution in [2.24, 2.45) is 5.10 Å². The van der Waals surface area contributed by atoms with Crippen LogP contribution in [0.4, 0.5) is 0 Å². The molecule has 0 saturated carbocycles. The summed E-state index contributed by atoms with van der Waals surface area (Å²) in [5.41, 5.74) is 1.11. The summed E-state index contributed by atoms with van der Waals surface area (Å²) < 4.78 is 0. The van der Waals surface area contributed by atoms with Crippen molar-refractivity contribution in [1.29, 1.82) is 0 Å². The van der Waals surface area contributed by atoms with Gasteiger partial charge in [-0.1, -0.05) is 30.3 Å². The molecule has 0 bridgehead atoms. The highest BCUT2D eigenvalue weighted by Crippen LogP contribution is 2.15. The Bertz CT molecular complexity index is 642. The summed E-state index contributed by atoms with van der Waals surface area (Å²) in [5.74, 6) is -1.71. The van der Waals surface area contributed by atoms with Crippen molar-refractivity contribution >= 4 is 23.5 Å². The third-order valence-electron chi connectivity index (χ3n) is 3.79. The van der Waals surface area contributed by atoms with Crippen molar-refractivity contribution in [3.8, 4) is 0 Å². The van der Waals surface area contributed by atoms with E-state index in [1.54, 1.807) is 0 Å². The van der Waals surface area contributed by atoms with Crippen LogP contribution in [-0.2, 0) is 20.9 Å². The maximum atomic E-state index is 12.3. The minimum atomic E-state index is -1.09. The fourth-order valence-electron chi connectivity index (χ4n) is 2.18. The number of nitrogens with zero attached hydrogens (tertiary/aromatic N) is 3. The highest BCUT2D eigenvalue weighted by molar-refractivity contribution is 6.39. The minimum absolute atomic E-state index is 0.153. The van der Waals surface area contributed by atoms with E-state index in [0.717, 1.165) is 10.5 Å². The SMILES string of the molecule is CC(C(=O)O)N(C)C(=O)C1=NN(Cc2ccccc2)C(=O)CC1. The van der Waals surface area contributed by atoms with Gasteiger partial charge in [-0.2, -0.15) is 5.10 Å². The van der Waals surface area contributed by atoms with Crippen LogP contribution in [-0.4, -0.2) is 51.6 Å². The van der Waals surface area contributed by atoms with Gasteiger partial charge in [0.15, 0.2) is 0 Å². The zero-order valence-electron chi connectivity index (χ0n) is 13.1. The number of benzene rings is 1. The Morgan fingerprint density at radius 1 is 1.30 bits per heavy atom. The van der Waals surface area contributed by atoms with Crippen molar-refractivity contribution in [3.63, 3.8) is 0 Å². The van der Waals surface area contributed by atoms with Gasteiger partial charge in [0.2, 0.25) is 5.91 Å². The molecule has 122 valence electrons. The summed E-state index contributed by atoms with van der Waals surface area (Å²) in [6.07, 6.45) is 0.409. The lowest BCUT2D eigenvalue weighted by molar-refractivity contribution is -0.146. The Hall–Kier alpha value is -2.70. The van der Waals surface area contributed by atoms with Crippen LogP contribution in [0.5, 0.6) is 0 Å². The first-order valence-electron chi connectivity index (χ1n) is 7.32. The molecule has 1 heterocycles. The van der Waals surface area contributed by atoms with Crippen molar-refractivity contribution in [2.75, 3.05) is 7.05 Å². The second-order valence-corrected chi connectivity index (χ2v) is 5.41. The largest absolute Gasteiger partial charge is 0.480 e. The third-order valence-corrected chi connectivity index (χ3v) is 3.79. The number of hydrogen-bond acceptors (Lipinski definition) is 4. The number of likely N-dealkylation sites (N-methyl/N-ethyl adjacent to an activating group) is 1. The van der Waals surface area contributed by atoms with Crippen molar-refractivity contribution in [3.05, 3.63) is 35.9 Å². The average Bonchev–Trinajstić information content (AvgIpc) is 2.55. The molecule has 2 rings (SSSR count). The van der Waals surface area contributed by atoms with Crippen LogP contribution in [0.25, 0.3) is 0 Å². The highest BCUT2D eigenvalue weighted by atomic mass is 16.4. The van der Waals surface area contributed by atoms with E-state index in [2.05, 4.69) is 5.10 Å². The number of carboxylic acid groups (broad SMARTS) is 1. The molecular formula is C16H19N3O4. The Morgan fingerprint density at radius 2 is 1.96 bits per heavy atom. The lowest BCUT2D eigenvalue weighted by Gasteiger charge is -2.27. The highest BCUT2D eigenvalue weighted by Gasteiger charge is 2.29. The van der Waals surface area contributed by atoms with E-state index in [-0.39, 0.29) is 31.0 Å². The molecule has 1 aliphatic heterocycles. The fraction of sp³-hybridized carbons (Fsp3) is 0.375. The van der Waals surface area contributed by atoms with Crippen molar-refractivity contribution < 1.29 is 19.5 Å². The van der Waals surface area contributed by atoms with Crippen LogP contribution in [0.15, 0.2) is 35.4 Å². The third kappa shape index (κ3) is 3.94. The molecular weight excluding hydrogens is 298 g/mol. The zero-order valence-corrected chi connectivity index (χ0v) is 13.1. The van der Waals surface area contributed by atoms with E-state index >= 15 is 0 Å². The van der Waals surface area contributed by atoms with Gasteiger partial charge in [-0.3, -0.25) is 9.59 Å². The van der Waals surface area contributed by atoms with E-state index in [4.69, 9.17) is 5.11 Å². The molecule has 1 aliphatic rings. The van der Waals surface area contributed by atoms with Gasteiger partial charge < -0.3 is 10.0 Å². The Kier molecular flexibility index (Phi) is 5.10. The summed E-state index contributed by atoms with van der Waals surface area (Å²) in [5, 5.41) is 14.4. The van der Waals surface area contributed by atoms with Gasteiger partial charge in [0.05, 0.1) is 6.54 Å². The quantitative estimate of drug-likeness (QED) is 0.880. The number of rotatable bonds is 5. The van der Waals surface area contributed by atoms with Crippen LogP contribution in [0.2, 0.25) is 0 Å². The molecule has 1 atom stereocenters. The van der Waals surface area contributed by atoms with Crippen LogP contribution in [0.1, 0.15) is 25.3 Å². The van der Waals surface area contributed by atoms with Crippen LogP contribution in [0, 0.1) is 0 Å². The van der Waals surface area contributed by atoms with Gasteiger partial charge in [-0.25, -0.2) is 9.80 Å². The molecule has 0 radical (unpaired) electrons. The van der Waals surface area contributed by atoms with E-state index < -0.39 is 17.9 Å². The molecule has 1 aromatic rings. The van der Waals surface area contributed by atoms with Crippen LogP contribution < -0.4 is 0 Å². The molecule has 23 heavy (non-hydrogen) atoms. The Labute approximate surface area is 134 Å². The molecule has 0 saturated heterocycles. The predicted molar refractivity (Wildman–Crippen MR) is 83.5 cm³/mol. The topological polar surface area (TPSA) is 90.3 Å². The first-order valence-corrected chi connectivity index (χ1v) is 7.32. The maximum absolute atomic E-state index is 12.3. The average molecular weight is 317 g/mol. The lowest BCUT2D eigenvalue weighted by Crippen LogP contribution is -2.45. The molecule has 1 aromatic carbocycles. The van der Waals surface area contributed by atoms with Gasteiger partial charge in [-0.05, 0) is 12.5 Å². The smallest absolute Gasteiger partial charge is 0.326 e. The number of hydrazone groups is 1. The molecule has 2 amide bonds. The number of amides is 2. The van der Waals surface area contributed by atoms with E-state index in [0.29, 0.717) is 0 Å². The van der Waals surface area contributed by atoms with Crippen molar-refractivity contribution in [2.45, 2.75) is 32.4 Å².